The first-order valence-corrected chi connectivity index (χ1v) is 31.7. The number of hydrogen-bond donors (Lipinski definition) is 1. The Hall–Kier alpha value is -2.24. The number of aliphatic hydroxyl groups excluding tert-OH is 1. The van der Waals surface area contributed by atoms with Crippen molar-refractivity contribution >= 4 is 45.2 Å². The minimum atomic E-state index is -3.84. The largest absolute Gasteiger partial charge is 0.412 e. The average Bonchev–Trinajstić information content (AvgIpc) is 3.16. The number of rotatable bonds is 17. The lowest BCUT2D eigenvalue weighted by atomic mass is 9.75. The molecule has 1 N–H and O–H groups in total. The van der Waals surface area contributed by atoms with Crippen LogP contribution < -0.4 is 10.4 Å². The molecule has 1 aliphatic heterocycles. The zero-order chi connectivity index (χ0) is 46.8. The lowest BCUT2D eigenvalue weighted by Crippen LogP contribution is -2.66. The van der Waals surface area contributed by atoms with Gasteiger partial charge in [0.25, 0.3) is 8.32 Å². The fourth-order valence-corrected chi connectivity index (χ4v) is 17.7. The summed E-state index contributed by atoms with van der Waals surface area (Å²) in [5.74, 6) is -2.09. The van der Waals surface area contributed by atoms with Gasteiger partial charge in [-0.05, 0) is 82.7 Å². The Bertz CT molecular complexity index is 2000. The maximum Gasteiger partial charge on any atom is 0.261 e. The number of sulfone groups is 1. The van der Waals surface area contributed by atoms with Crippen LogP contribution in [0, 0.1) is 5.41 Å². The van der Waals surface area contributed by atoms with Crippen molar-refractivity contribution in [1.29, 1.82) is 0 Å². The van der Waals surface area contributed by atoms with E-state index >= 15 is 0 Å². The van der Waals surface area contributed by atoms with Crippen LogP contribution in [0.5, 0.6) is 0 Å². The zero-order valence-corrected chi connectivity index (χ0v) is 44.9. The first kappa shape index (κ1) is 52.4. The topological polar surface area (TPSA) is 101 Å². The van der Waals surface area contributed by atoms with Crippen molar-refractivity contribution in [3.8, 4) is 0 Å². The third kappa shape index (κ3) is 11.2. The van der Waals surface area contributed by atoms with Crippen LogP contribution in [0.2, 0.25) is 41.3 Å². The Balaban J connectivity index is 1.88. The van der Waals surface area contributed by atoms with E-state index in [0.29, 0.717) is 18.4 Å². The summed E-state index contributed by atoms with van der Waals surface area (Å²) < 4.78 is 63.5. The van der Waals surface area contributed by atoms with E-state index in [0.717, 1.165) is 10.4 Å². The maximum atomic E-state index is 14.1. The Labute approximate surface area is 379 Å². The van der Waals surface area contributed by atoms with Gasteiger partial charge in [-0.15, -0.1) is 0 Å². The molecule has 0 aromatic heterocycles. The quantitative estimate of drug-likeness (QED) is 0.106. The van der Waals surface area contributed by atoms with Gasteiger partial charge in [0.05, 0.1) is 35.6 Å². The number of hydrogen-bond acceptors (Lipinski definition) is 8. The van der Waals surface area contributed by atoms with Crippen LogP contribution in [0.4, 0.5) is 0 Å². The standard InChI is InChI=1S/C50H80O8SSi3/c1-38(57-60(14,15)46(2,3)4)44(58-61(16,17)47(5,6)7)36-40-35-39(45(51)50(54-13,56-40)49(11,12)37-59(52,53)41-27-21-18-22-28-41)33-34-55-62(48(8,9)10,42-29-23-19-24-30-42)43-31-25-20-26-32-43/h18-33,38,40,44-45,51H,34-37H2,1-17H3/b39-33+/t38-,40+,44-,45+,50-/m1/s1. The second-order valence-electron chi connectivity index (χ2n) is 22.2. The van der Waals surface area contributed by atoms with Gasteiger partial charge in [-0.25, -0.2) is 8.42 Å². The highest BCUT2D eigenvalue weighted by Gasteiger charge is 2.59. The average molecular weight is 926 g/mol. The van der Waals surface area contributed by atoms with Gasteiger partial charge in [0.1, 0.15) is 6.10 Å². The molecule has 3 aromatic rings. The van der Waals surface area contributed by atoms with Crippen LogP contribution in [0.15, 0.2) is 108 Å². The molecular weight excluding hydrogens is 845 g/mol. The van der Waals surface area contributed by atoms with Crippen LogP contribution in [-0.2, 0) is 32.6 Å². The summed E-state index contributed by atoms with van der Waals surface area (Å²) in [5, 5.41) is 14.7. The summed E-state index contributed by atoms with van der Waals surface area (Å²) in [5.41, 5.74) is -0.568. The van der Waals surface area contributed by atoms with E-state index in [4.69, 9.17) is 22.8 Å². The van der Waals surface area contributed by atoms with Gasteiger partial charge in [-0.3, -0.25) is 0 Å². The Kier molecular flexibility index (Phi) is 16.3. The normalized spacial score (nSPS) is 21.8. The highest BCUT2D eigenvalue weighted by atomic mass is 32.2. The molecule has 346 valence electrons. The monoisotopic (exact) mass is 924 g/mol. The van der Waals surface area contributed by atoms with Crippen molar-refractivity contribution in [2.45, 2.75) is 172 Å². The molecular formula is C50H80O8SSi3. The second-order valence-corrected chi connectivity index (χ2v) is 38.0. The van der Waals surface area contributed by atoms with Crippen LogP contribution in [-0.4, -0.2) is 88.1 Å². The lowest BCUT2D eigenvalue weighted by molar-refractivity contribution is -0.342. The van der Waals surface area contributed by atoms with E-state index in [1.165, 1.54) is 7.11 Å². The summed E-state index contributed by atoms with van der Waals surface area (Å²) >= 11 is 0. The molecule has 0 radical (unpaired) electrons. The van der Waals surface area contributed by atoms with Crippen molar-refractivity contribution in [3.63, 3.8) is 0 Å². The fourth-order valence-electron chi connectivity index (χ4n) is 8.45. The van der Waals surface area contributed by atoms with Crippen LogP contribution in [0.1, 0.15) is 95.9 Å². The summed E-state index contributed by atoms with van der Waals surface area (Å²) in [6.45, 7) is 35.2. The highest BCUT2D eigenvalue weighted by Crippen LogP contribution is 2.49. The molecule has 3 aromatic carbocycles. The van der Waals surface area contributed by atoms with Gasteiger partial charge in [-0.1, -0.05) is 161 Å². The molecule has 1 aliphatic rings. The van der Waals surface area contributed by atoms with Crippen molar-refractivity contribution in [1.82, 2.24) is 0 Å². The van der Waals surface area contributed by atoms with E-state index < -0.39 is 58.2 Å². The van der Waals surface area contributed by atoms with Crippen molar-refractivity contribution in [2.75, 3.05) is 19.5 Å². The molecule has 12 heteroatoms. The Morgan fingerprint density at radius 2 is 1.19 bits per heavy atom. The van der Waals surface area contributed by atoms with Crippen molar-refractivity contribution in [2.24, 2.45) is 5.41 Å². The smallest absolute Gasteiger partial charge is 0.261 e. The third-order valence-corrected chi connectivity index (χ3v) is 30.2. The van der Waals surface area contributed by atoms with Crippen molar-refractivity contribution in [3.05, 3.63) is 103 Å². The fraction of sp³-hybridized carbons (Fsp3) is 0.600. The van der Waals surface area contributed by atoms with Gasteiger partial charge in [0.2, 0.25) is 5.79 Å². The molecule has 0 amide bonds. The molecule has 0 unspecified atom stereocenters. The number of ether oxygens (including phenoxy) is 2. The number of benzene rings is 3. The molecule has 4 rings (SSSR count). The minimum Gasteiger partial charge on any atom is -0.412 e. The molecule has 8 nitrogen and oxygen atoms in total. The summed E-state index contributed by atoms with van der Waals surface area (Å²) in [4.78, 5) is 0.204. The second kappa shape index (κ2) is 19.3. The molecule has 0 aliphatic carbocycles. The first-order chi connectivity index (χ1) is 28.4. The van der Waals surface area contributed by atoms with E-state index in [-0.39, 0.29) is 44.6 Å². The Morgan fingerprint density at radius 1 is 0.742 bits per heavy atom. The lowest BCUT2D eigenvalue weighted by Gasteiger charge is -2.53. The molecule has 1 saturated heterocycles. The van der Waals surface area contributed by atoms with E-state index in [1.807, 2.05) is 32.1 Å². The van der Waals surface area contributed by atoms with Crippen LogP contribution >= 0.6 is 0 Å². The van der Waals surface area contributed by atoms with Gasteiger partial charge in [-0.2, -0.15) is 0 Å². The SMILES string of the molecule is CO[C@@]1(C(C)(C)CS(=O)(=O)c2ccccc2)O[C@H](C[C@@H](O[Si](C)(C)C(C)(C)C)[C@@H](C)O[Si](C)(C)C(C)(C)C)C/C(=C\CO[Si](c2ccccc2)(c2ccccc2)C(C)(C)C)[C@@H]1O. The molecule has 0 spiro atoms. The third-order valence-electron chi connectivity index (χ3n) is 14.0. The van der Waals surface area contributed by atoms with E-state index in [1.54, 1.807) is 30.3 Å². The molecule has 0 saturated carbocycles. The minimum absolute atomic E-state index is 0.0191. The molecule has 62 heavy (non-hydrogen) atoms. The van der Waals surface area contributed by atoms with Crippen LogP contribution in [0.3, 0.4) is 0 Å². The first-order valence-electron chi connectivity index (χ1n) is 22.4. The molecule has 1 fully saturated rings. The predicted molar refractivity (Wildman–Crippen MR) is 264 cm³/mol. The van der Waals surface area contributed by atoms with Gasteiger partial charge in [0, 0.05) is 18.9 Å². The van der Waals surface area contributed by atoms with E-state index in [2.05, 4.69) is 144 Å². The van der Waals surface area contributed by atoms with Crippen LogP contribution in [0.25, 0.3) is 0 Å². The Morgan fingerprint density at radius 3 is 1.63 bits per heavy atom. The van der Waals surface area contributed by atoms with Gasteiger partial charge < -0.3 is 27.9 Å². The van der Waals surface area contributed by atoms with Crippen molar-refractivity contribution < 1.29 is 36.3 Å². The predicted octanol–water partition coefficient (Wildman–Crippen LogP) is 10.7. The highest BCUT2D eigenvalue weighted by molar-refractivity contribution is 7.91. The molecule has 5 atom stereocenters. The maximum absolute atomic E-state index is 14.1. The molecule has 1 heterocycles. The van der Waals surface area contributed by atoms with Gasteiger partial charge >= 0.3 is 0 Å². The zero-order valence-electron chi connectivity index (χ0n) is 41.1. The molecule has 0 bridgehead atoms. The van der Waals surface area contributed by atoms with Gasteiger partial charge in [0.15, 0.2) is 26.5 Å². The van der Waals surface area contributed by atoms with E-state index in [9.17, 15) is 13.5 Å². The summed E-state index contributed by atoms with van der Waals surface area (Å²) in [7, 11) is -9.87. The summed E-state index contributed by atoms with van der Waals surface area (Å²) in [6.07, 6.45) is 0.329. The summed E-state index contributed by atoms with van der Waals surface area (Å²) in [6, 6.07) is 29.4. The number of aliphatic hydroxyl groups is 1. The number of methoxy groups -OCH3 is 1.